The van der Waals surface area contributed by atoms with Gasteiger partial charge in [0.15, 0.2) is 90.4 Å². The molecule has 17 aromatic rings. The SMILES string of the molecule is O=P(c1ccccc1)(c1ccccc1)c1ccc2c(c1)sc1cc(-c3ccc4c(c3)Oc3ccccc3O4)ccc12.O=P(c1ccccc1)(c1ccccc1)c1cccc(-c2ccc3c(c2)Oc2ccccc2O3)n1.O=P(c1ccccc1)(c1ccccc1)c1cncc(-c2ccc3c(c2)Oc2ccccc2O3)c1. The molecule has 0 N–H and O–H groups in total. The van der Waals surface area contributed by atoms with Crippen molar-refractivity contribution in [2.45, 2.75) is 0 Å². The average Bonchev–Trinajstić information content (AvgIpc) is 1.67. The number of hydrogen-bond donors (Lipinski definition) is 0. The van der Waals surface area contributed by atoms with Gasteiger partial charge in [0.25, 0.3) is 0 Å². The Morgan fingerprint density at radius 3 is 0.972 bits per heavy atom. The molecule has 109 heavy (non-hydrogen) atoms. The first-order chi connectivity index (χ1) is 53.6. The lowest BCUT2D eigenvalue weighted by molar-refractivity contribution is 0.360. The summed E-state index contributed by atoms with van der Waals surface area (Å²) in [5, 5.41) is 8.65. The van der Waals surface area contributed by atoms with Gasteiger partial charge in [-0.15, -0.1) is 11.3 Å². The second-order valence-electron chi connectivity index (χ2n) is 26.1. The molecule has 3 aromatic heterocycles. The zero-order valence-corrected chi connectivity index (χ0v) is 61.7. The number of rotatable bonds is 12. The number of pyridine rings is 2. The Morgan fingerprint density at radius 2 is 0.541 bits per heavy atom. The molecule has 3 aliphatic heterocycles. The van der Waals surface area contributed by atoms with Crippen molar-refractivity contribution in [2.24, 2.45) is 0 Å². The number of fused-ring (bicyclic) bond motifs is 9. The van der Waals surface area contributed by atoms with E-state index in [-0.39, 0.29) is 0 Å². The molecule has 0 radical (unpaired) electrons. The van der Waals surface area contributed by atoms with Gasteiger partial charge in [-0.05, 0) is 126 Å². The Balaban J connectivity index is 0.000000116. The van der Waals surface area contributed by atoms with Crippen LogP contribution in [-0.4, -0.2) is 9.97 Å². The fourth-order valence-electron chi connectivity index (χ4n) is 13.9. The van der Waals surface area contributed by atoms with Crippen LogP contribution in [0.15, 0.2) is 382 Å². The number of benzene rings is 14. The molecule has 0 bridgehead atoms. The van der Waals surface area contributed by atoms with Crippen molar-refractivity contribution in [3.63, 3.8) is 0 Å². The van der Waals surface area contributed by atoms with E-state index in [9.17, 15) is 13.7 Å². The molecule has 0 amide bonds. The monoisotopic (exact) mass is 1490 g/mol. The summed E-state index contributed by atoms with van der Waals surface area (Å²) in [5.74, 6) is 8.16. The van der Waals surface area contributed by atoms with Gasteiger partial charge in [0.2, 0.25) is 0 Å². The molecule has 524 valence electrons. The second kappa shape index (κ2) is 29.1. The van der Waals surface area contributed by atoms with Crippen molar-refractivity contribution < 1.29 is 42.1 Å². The van der Waals surface area contributed by atoms with Gasteiger partial charge in [-0.3, -0.25) is 4.98 Å². The summed E-state index contributed by atoms with van der Waals surface area (Å²) in [5.41, 5.74) is 6.05. The highest BCUT2D eigenvalue weighted by molar-refractivity contribution is 7.86. The molecule has 20 rings (SSSR count). The predicted octanol–water partition coefficient (Wildman–Crippen LogP) is 21.8. The molecule has 14 aromatic carbocycles. The highest BCUT2D eigenvalue weighted by atomic mass is 32.1. The maximum Gasteiger partial charge on any atom is 0.188 e. The Labute approximate surface area is 633 Å². The van der Waals surface area contributed by atoms with Gasteiger partial charge < -0.3 is 42.1 Å². The molecule has 3 aliphatic rings. The zero-order valence-electron chi connectivity index (χ0n) is 58.2. The number of ether oxygens (including phenoxy) is 6. The van der Waals surface area contributed by atoms with Crippen LogP contribution in [-0.2, 0) is 13.7 Å². The lowest BCUT2D eigenvalue weighted by Gasteiger charge is -2.22. The number of thiophene rings is 1. The summed E-state index contributed by atoms with van der Waals surface area (Å²) in [6, 6.07) is 119. The van der Waals surface area contributed by atoms with E-state index in [0.717, 1.165) is 86.8 Å². The molecule has 0 atom stereocenters. The molecular formula is C94H63N2O9P3S. The van der Waals surface area contributed by atoms with Gasteiger partial charge in [0.05, 0.1) is 5.69 Å². The first-order valence-electron chi connectivity index (χ1n) is 35.4. The van der Waals surface area contributed by atoms with Crippen LogP contribution in [0.1, 0.15) is 0 Å². The van der Waals surface area contributed by atoms with E-state index < -0.39 is 21.4 Å². The molecule has 15 heteroatoms. The number of aromatic nitrogens is 2. The van der Waals surface area contributed by atoms with Crippen LogP contribution in [0, 0.1) is 0 Å². The summed E-state index contributed by atoms with van der Waals surface area (Å²) in [6.07, 6.45) is 3.49. The van der Waals surface area contributed by atoms with Crippen molar-refractivity contribution in [1.82, 2.24) is 9.97 Å². The Hall–Kier alpha value is -12.9. The largest absolute Gasteiger partial charge is 0.450 e. The topological polar surface area (TPSA) is 132 Å². The standard InChI is InChI=1S/C36H23O3PS.2C29H20NO3P/c37-40(26-9-3-1-4-10-26,27-11-5-2-6-12-27)28-17-19-30-29-18-15-25(22-35(29)41-36(30)23-28)24-16-20-33-34(21-24)39-32-14-8-7-13-31(32)38-33;31-34(22-10-3-1-4-11-22,23-12-5-2-6-13-23)29-17-9-14-24(30-29)21-18-19-27-28(20-21)33-26-16-8-7-15-25(26)32-27;31-34(23-9-3-1-4-10-23,24-11-5-2-6-12-24)25-17-22(19-30-20-25)21-15-16-28-29(18-21)33-27-14-8-7-13-26(27)32-28/h1-23H;2*1-20H. The van der Waals surface area contributed by atoms with E-state index in [1.807, 2.05) is 334 Å². The first-order valence-corrected chi connectivity index (χ1v) is 41.4. The fraction of sp³-hybridized carbons (Fsp3) is 0. The van der Waals surface area contributed by atoms with E-state index in [4.69, 9.17) is 33.4 Å². The summed E-state index contributed by atoms with van der Waals surface area (Å²) in [4.78, 5) is 9.38. The highest BCUT2D eigenvalue weighted by Crippen LogP contribution is 2.52. The lowest BCUT2D eigenvalue weighted by atomic mass is 10.0. The summed E-state index contributed by atoms with van der Waals surface area (Å²) >= 11 is 1.73. The second-order valence-corrected chi connectivity index (χ2v) is 35.4. The molecule has 0 spiro atoms. The van der Waals surface area contributed by atoms with Crippen LogP contribution in [0.25, 0.3) is 53.7 Å². The lowest BCUT2D eigenvalue weighted by Crippen LogP contribution is -2.27. The minimum Gasteiger partial charge on any atom is -0.450 e. The molecular weight excluding hydrogens is 1430 g/mol. The summed E-state index contributed by atoms with van der Waals surface area (Å²) in [7, 11) is -9.30. The third-order valence-corrected chi connectivity index (χ3v) is 29.5. The Morgan fingerprint density at radius 1 is 0.220 bits per heavy atom. The van der Waals surface area contributed by atoms with Crippen LogP contribution in [0.2, 0.25) is 0 Å². The van der Waals surface area contributed by atoms with Gasteiger partial charge in [-0.1, -0.05) is 261 Å². The molecule has 0 aliphatic carbocycles. The molecule has 0 saturated heterocycles. The maximum atomic E-state index is 14.9. The van der Waals surface area contributed by atoms with E-state index in [0.29, 0.717) is 68.2 Å². The van der Waals surface area contributed by atoms with E-state index >= 15 is 0 Å². The minimum absolute atomic E-state index is 0.544. The van der Waals surface area contributed by atoms with E-state index in [2.05, 4.69) is 41.4 Å². The molecule has 0 unspecified atom stereocenters. The quantitative estimate of drug-likeness (QED) is 0.108. The van der Waals surface area contributed by atoms with Gasteiger partial charge >= 0.3 is 0 Å². The summed E-state index contributed by atoms with van der Waals surface area (Å²) < 4.78 is 82.8. The van der Waals surface area contributed by atoms with Gasteiger partial charge in [0, 0.05) is 86.1 Å². The first kappa shape index (κ1) is 67.9. The van der Waals surface area contributed by atoms with Crippen molar-refractivity contribution in [2.75, 3.05) is 0 Å². The van der Waals surface area contributed by atoms with Crippen LogP contribution in [0.4, 0.5) is 0 Å². The van der Waals surface area contributed by atoms with Crippen molar-refractivity contribution >= 4 is 101 Å². The van der Waals surface area contributed by atoms with Gasteiger partial charge in [0.1, 0.15) is 5.44 Å². The Kier molecular flexibility index (Phi) is 18.1. The van der Waals surface area contributed by atoms with Crippen LogP contribution >= 0.6 is 32.8 Å². The molecule has 0 fully saturated rings. The molecule has 0 saturated carbocycles. The number of hydrogen-bond acceptors (Lipinski definition) is 12. The van der Waals surface area contributed by atoms with Crippen LogP contribution in [0.5, 0.6) is 69.0 Å². The van der Waals surface area contributed by atoms with Crippen molar-refractivity contribution in [1.29, 1.82) is 0 Å². The van der Waals surface area contributed by atoms with Crippen molar-refractivity contribution in [3.8, 4) is 103 Å². The number of para-hydroxylation sites is 6. The number of nitrogens with zero attached hydrogens (tertiary/aromatic N) is 2. The minimum atomic E-state index is -3.16. The highest BCUT2D eigenvalue weighted by Gasteiger charge is 2.34. The van der Waals surface area contributed by atoms with Gasteiger partial charge in [-0.25, -0.2) is 4.98 Å². The predicted molar refractivity (Wildman–Crippen MR) is 442 cm³/mol. The summed E-state index contributed by atoms with van der Waals surface area (Å²) in [6.45, 7) is 0. The molecule has 11 nitrogen and oxygen atoms in total. The van der Waals surface area contributed by atoms with Crippen molar-refractivity contribution in [3.05, 3.63) is 382 Å². The third kappa shape index (κ3) is 13.1. The van der Waals surface area contributed by atoms with E-state index in [1.54, 1.807) is 23.7 Å². The smallest absolute Gasteiger partial charge is 0.188 e. The van der Waals surface area contributed by atoms with Crippen LogP contribution in [0.3, 0.4) is 0 Å². The van der Waals surface area contributed by atoms with E-state index in [1.165, 1.54) is 15.5 Å². The van der Waals surface area contributed by atoms with Crippen LogP contribution < -0.4 is 76.3 Å². The maximum absolute atomic E-state index is 14.9. The van der Waals surface area contributed by atoms with Gasteiger partial charge in [-0.2, -0.15) is 0 Å². The Bertz CT molecular complexity index is 6070. The molecule has 6 heterocycles. The third-order valence-electron chi connectivity index (χ3n) is 19.3. The average molecular weight is 1490 g/mol. The fourth-order valence-corrected chi connectivity index (χ4v) is 23.0. The zero-order chi connectivity index (χ0) is 73.3. The normalized spacial score (nSPS) is 12.2.